The Labute approximate surface area is 134 Å². The zero-order chi connectivity index (χ0) is 15.1. The molecule has 4 nitrogen and oxygen atoms in total. The van der Waals surface area contributed by atoms with Crippen LogP contribution in [0.4, 0.5) is 0 Å². The minimum Gasteiger partial charge on any atom is -0.369 e. The van der Waals surface area contributed by atoms with Gasteiger partial charge in [-0.2, -0.15) is 0 Å². The summed E-state index contributed by atoms with van der Waals surface area (Å²) in [5, 5.41) is 0. The monoisotopic (exact) mass is 310 g/mol. The molecule has 2 fully saturated rings. The summed E-state index contributed by atoms with van der Waals surface area (Å²) in [6.45, 7) is 10.9. The van der Waals surface area contributed by atoms with Gasteiger partial charge in [-0.25, -0.2) is 4.31 Å². The molecule has 0 spiro atoms. The van der Waals surface area contributed by atoms with E-state index in [4.69, 9.17) is 0 Å². The lowest BCUT2D eigenvalue weighted by Gasteiger charge is -2.41. The van der Waals surface area contributed by atoms with Crippen LogP contribution < -0.4 is 0 Å². The Morgan fingerprint density at radius 2 is 1.86 bits per heavy atom. The van der Waals surface area contributed by atoms with E-state index in [-0.39, 0.29) is 0 Å². The van der Waals surface area contributed by atoms with E-state index in [1.54, 1.807) is 6.20 Å². The van der Waals surface area contributed by atoms with Gasteiger partial charge in [0.25, 0.3) is 0 Å². The highest BCUT2D eigenvalue weighted by Crippen LogP contribution is 2.26. The number of aliphatic imine (C=N–C) groups is 1. The number of piperidine rings is 2. The molecule has 0 bridgehead atoms. The first kappa shape index (κ1) is 16.8. The van der Waals surface area contributed by atoms with E-state index in [9.17, 15) is 0 Å². The van der Waals surface area contributed by atoms with Crippen LogP contribution in [-0.2, 0) is 0 Å². The summed E-state index contributed by atoms with van der Waals surface area (Å²) in [6, 6.07) is 0.831. The molecule has 0 saturated carbocycles. The van der Waals surface area contributed by atoms with E-state index in [2.05, 4.69) is 39.8 Å². The quantitative estimate of drug-likeness (QED) is 0.427. The van der Waals surface area contributed by atoms with Crippen LogP contribution in [0.5, 0.6) is 0 Å². The lowest BCUT2D eigenvalue weighted by atomic mass is 9.95. The molecule has 0 amide bonds. The predicted molar refractivity (Wildman–Crippen MR) is 93.5 cm³/mol. The Kier molecular flexibility index (Phi) is 7.07. The summed E-state index contributed by atoms with van der Waals surface area (Å²) in [6.07, 6.45) is 9.16. The molecule has 0 aromatic rings. The van der Waals surface area contributed by atoms with Crippen LogP contribution in [0.2, 0.25) is 0 Å². The van der Waals surface area contributed by atoms with E-state index in [1.807, 2.05) is 18.1 Å². The zero-order valence-corrected chi connectivity index (χ0v) is 14.4. The number of hydrogen-bond acceptors (Lipinski definition) is 5. The van der Waals surface area contributed by atoms with E-state index in [0.717, 1.165) is 17.8 Å². The van der Waals surface area contributed by atoms with Crippen LogP contribution in [0, 0.1) is 5.92 Å². The van der Waals surface area contributed by atoms with Crippen LogP contribution in [0.1, 0.15) is 32.6 Å². The summed E-state index contributed by atoms with van der Waals surface area (Å²) < 4.78 is 2.52. The van der Waals surface area contributed by atoms with Gasteiger partial charge >= 0.3 is 0 Å². The molecule has 2 aliphatic rings. The summed E-state index contributed by atoms with van der Waals surface area (Å²) in [7, 11) is 2.08. The Hall–Kier alpha value is -0.520. The summed E-state index contributed by atoms with van der Waals surface area (Å²) in [5.41, 5.74) is 0. The first-order valence-corrected chi connectivity index (χ1v) is 9.08. The molecular formula is C16H30N4S. The maximum atomic E-state index is 3.74. The zero-order valence-electron chi connectivity index (χ0n) is 13.6. The predicted octanol–water partition coefficient (Wildman–Crippen LogP) is 2.89. The normalized spacial score (nSPS) is 23.7. The third kappa shape index (κ3) is 5.64. The first-order chi connectivity index (χ1) is 10.2. The Morgan fingerprint density at radius 1 is 1.19 bits per heavy atom. The van der Waals surface area contributed by atoms with E-state index in [1.165, 1.54) is 51.9 Å². The highest BCUT2D eigenvalue weighted by molar-refractivity contribution is 7.96. The van der Waals surface area contributed by atoms with Gasteiger partial charge in [0.2, 0.25) is 0 Å². The van der Waals surface area contributed by atoms with Crippen LogP contribution in [0.25, 0.3) is 0 Å². The fourth-order valence-corrected chi connectivity index (χ4v) is 4.01. The third-order valence-electron chi connectivity index (χ3n) is 4.63. The third-order valence-corrected chi connectivity index (χ3v) is 5.88. The van der Waals surface area contributed by atoms with Crippen molar-refractivity contribution in [3.63, 3.8) is 0 Å². The lowest BCUT2D eigenvalue weighted by Crippen LogP contribution is -2.46. The first-order valence-electron chi connectivity index (χ1n) is 8.13. The van der Waals surface area contributed by atoms with Gasteiger partial charge in [0.15, 0.2) is 0 Å². The maximum absolute atomic E-state index is 3.74. The second-order valence-corrected chi connectivity index (χ2v) is 7.41. The van der Waals surface area contributed by atoms with Crippen LogP contribution in [0.15, 0.2) is 17.4 Å². The maximum Gasteiger partial charge on any atom is 0.0777 e. The molecule has 0 atom stereocenters. The second kappa shape index (κ2) is 8.81. The van der Waals surface area contributed by atoms with Crippen LogP contribution in [0.3, 0.4) is 0 Å². The van der Waals surface area contributed by atoms with Gasteiger partial charge in [-0.3, -0.25) is 4.99 Å². The SMILES string of the molecule is C=N/C=C\N(C)CSN1CCC(N2CCC(C)CC2)CC1. The molecular weight excluding hydrogens is 280 g/mol. The van der Waals surface area contributed by atoms with Gasteiger partial charge in [0.05, 0.1) is 5.88 Å². The van der Waals surface area contributed by atoms with Gasteiger partial charge in [0, 0.05) is 38.6 Å². The summed E-state index contributed by atoms with van der Waals surface area (Å²) in [4.78, 5) is 8.63. The number of likely N-dealkylation sites (tertiary alicyclic amines) is 1. The second-order valence-electron chi connectivity index (χ2n) is 6.37. The number of hydrogen-bond donors (Lipinski definition) is 0. The van der Waals surface area contributed by atoms with Crippen molar-refractivity contribution in [2.24, 2.45) is 10.9 Å². The Balaban J connectivity index is 1.64. The standard InChI is InChI=1S/C16H30N4S/c1-15-4-9-19(10-5-15)16-6-11-20(12-7-16)21-14-18(3)13-8-17-2/h8,13,15-16H,2,4-7,9-12,14H2,1,3H3/b13-8-. The van der Waals surface area contributed by atoms with Crippen molar-refractivity contribution < 1.29 is 0 Å². The topological polar surface area (TPSA) is 22.1 Å². The Bertz CT molecular complexity index is 331. The van der Waals surface area contributed by atoms with E-state index in [0.29, 0.717) is 0 Å². The smallest absolute Gasteiger partial charge is 0.0777 e. The fourth-order valence-electron chi connectivity index (χ4n) is 3.11. The van der Waals surface area contributed by atoms with Gasteiger partial charge in [-0.05, 0) is 51.4 Å². The van der Waals surface area contributed by atoms with Crippen LogP contribution >= 0.6 is 11.9 Å². The van der Waals surface area contributed by atoms with Crippen molar-refractivity contribution in [1.29, 1.82) is 0 Å². The van der Waals surface area contributed by atoms with Crippen molar-refractivity contribution in [2.45, 2.75) is 38.6 Å². The highest BCUT2D eigenvalue weighted by atomic mass is 32.2. The van der Waals surface area contributed by atoms with Crippen molar-refractivity contribution in [3.8, 4) is 0 Å². The van der Waals surface area contributed by atoms with Crippen molar-refractivity contribution in [3.05, 3.63) is 12.4 Å². The molecule has 120 valence electrons. The molecule has 2 rings (SSSR count). The Morgan fingerprint density at radius 3 is 2.48 bits per heavy atom. The molecule has 2 aliphatic heterocycles. The molecule has 0 radical (unpaired) electrons. The molecule has 0 N–H and O–H groups in total. The average Bonchev–Trinajstić information content (AvgIpc) is 2.52. The highest BCUT2D eigenvalue weighted by Gasteiger charge is 2.27. The molecule has 0 aliphatic carbocycles. The number of nitrogens with zero attached hydrogens (tertiary/aromatic N) is 4. The summed E-state index contributed by atoms with van der Waals surface area (Å²) >= 11 is 1.93. The number of rotatable bonds is 6. The molecule has 2 saturated heterocycles. The van der Waals surface area contributed by atoms with Crippen molar-refractivity contribution in [1.82, 2.24) is 14.1 Å². The molecule has 21 heavy (non-hydrogen) atoms. The van der Waals surface area contributed by atoms with Gasteiger partial charge in [-0.15, -0.1) is 0 Å². The van der Waals surface area contributed by atoms with Gasteiger partial charge in [-0.1, -0.05) is 18.9 Å². The minimum atomic E-state index is 0.831. The van der Waals surface area contributed by atoms with E-state index < -0.39 is 0 Å². The summed E-state index contributed by atoms with van der Waals surface area (Å²) in [5.74, 6) is 1.92. The molecule has 0 aromatic heterocycles. The van der Waals surface area contributed by atoms with Gasteiger partial charge < -0.3 is 9.80 Å². The average molecular weight is 311 g/mol. The minimum absolute atomic E-state index is 0.831. The van der Waals surface area contributed by atoms with Gasteiger partial charge in [0.1, 0.15) is 0 Å². The van der Waals surface area contributed by atoms with Crippen LogP contribution in [-0.4, -0.2) is 66.0 Å². The molecule has 0 unspecified atom stereocenters. The lowest BCUT2D eigenvalue weighted by molar-refractivity contribution is 0.103. The molecule has 5 heteroatoms. The van der Waals surface area contributed by atoms with Crippen molar-refractivity contribution >= 4 is 18.7 Å². The van der Waals surface area contributed by atoms with E-state index >= 15 is 0 Å². The van der Waals surface area contributed by atoms with Crippen molar-refractivity contribution in [2.75, 3.05) is 39.1 Å². The molecule has 2 heterocycles. The fraction of sp³-hybridized carbons (Fsp3) is 0.812. The largest absolute Gasteiger partial charge is 0.369 e. The molecule has 0 aromatic carbocycles.